The summed E-state index contributed by atoms with van der Waals surface area (Å²) in [5, 5.41) is 3.57. The van der Waals surface area contributed by atoms with Gasteiger partial charge in [-0.15, -0.1) is 0 Å². The van der Waals surface area contributed by atoms with Gasteiger partial charge in [-0.3, -0.25) is 0 Å². The molecule has 0 saturated heterocycles. The molecule has 2 heteroatoms. The fourth-order valence-corrected chi connectivity index (χ4v) is 2.66. The lowest BCUT2D eigenvalue weighted by molar-refractivity contribution is 0.374. The summed E-state index contributed by atoms with van der Waals surface area (Å²) in [6.45, 7) is 0. The average molecular weight is 253 g/mol. The second kappa shape index (κ2) is 5.35. The summed E-state index contributed by atoms with van der Waals surface area (Å²) in [4.78, 5) is 0. The molecule has 3 rings (SSSR count). The van der Waals surface area contributed by atoms with Crippen LogP contribution in [0.25, 0.3) is 0 Å². The van der Waals surface area contributed by atoms with E-state index < -0.39 is 0 Å². The first-order valence-electron chi connectivity index (χ1n) is 6.80. The highest BCUT2D eigenvalue weighted by Crippen LogP contribution is 2.38. The molecule has 2 nitrogen and oxygen atoms in total. The SMILES string of the molecule is COc1ccc(NC2CC(c3ccccc3)C2)cc1. The molecule has 1 aliphatic carbocycles. The minimum absolute atomic E-state index is 0.596. The molecule has 1 N–H and O–H groups in total. The van der Waals surface area contributed by atoms with Gasteiger partial charge in [0.1, 0.15) is 5.75 Å². The van der Waals surface area contributed by atoms with Crippen molar-refractivity contribution >= 4 is 5.69 Å². The zero-order valence-electron chi connectivity index (χ0n) is 11.2. The van der Waals surface area contributed by atoms with Crippen molar-refractivity contribution in [3.05, 3.63) is 60.2 Å². The summed E-state index contributed by atoms with van der Waals surface area (Å²) in [5.41, 5.74) is 2.65. The molecular weight excluding hydrogens is 234 g/mol. The number of hydrogen-bond donors (Lipinski definition) is 1. The number of hydrogen-bond acceptors (Lipinski definition) is 2. The summed E-state index contributed by atoms with van der Waals surface area (Å²) in [6.07, 6.45) is 2.44. The number of methoxy groups -OCH3 is 1. The molecule has 2 aromatic rings. The second-order valence-corrected chi connectivity index (χ2v) is 5.15. The Morgan fingerprint density at radius 1 is 0.947 bits per heavy atom. The van der Waals surface area contributed by atoms with Gasteiger partial charge in [0.25, 0.3) is 0 Å². The highest BCUT2D eigenvalue weighted by atomic mass is 16.5. The Hall–Kier alpha value is -1.96. The predicted molar refractivity (Wildman–Crippen MR) is 78.8 cm³/mol. The molecule has 1 aliphatic rings. The van der Waals surface area contributed by atoms with Gasteiger partial charge in [-0.25, -0.2) is 0 Å². The van der Waals surface area contributed by atoms with Gasteiger partial charge in [-0.1, -0.05) is 30.3 Å². The van der Waals surface area contributed by atoms with Gasteiger partial charge in [-0.2, -0.15) is 0 Å². The van der Waals surface area contributed by atoms with E-state index in [4.69, 9.17) is 4.74 Å². The molecule has 1 fully saturated rings. The Bertz CT molecular complexity index is 515. The second-order valence-electron chi connectivity index (χ2n) is 5.15. The molecule has 0 atom stereocenters. The molecule has 0 aromatic heterocycles. The van der Waals surface area contributed by atoms with Gasteiger partial charge >= 0.3 is 0 Å². The van der Waals surface area contributed by atoms with Crippen molar-refractivity contribution in [3.8, 4) is 5.75 Å². The lowest BCUT2D eigenvalue weighted by Crippen LogP contribution is -2.33. The zero-order chi connectivity index (χ0) is 13.1. The quantitative estimate of drug-likeness (QED) is 0.887. The van der Waals surface area contributed by atoms with Crippen LogP contribution in [-0.2, 0) is 0 Å². The summed E-state index contributed by atoms with van der Waals surface area (Å²) in [7, 11) is 1.69. The summed E-state index contributed by atoms with van der Waals surface area (Å²) < 4.78 is 5.16. The Balaban J connectivity index is 1.53. The Morgan fingerprint density at radius 3 is 2.26 bits per heavy atom. The Labute approximate surface area is 114 Å². The first-order valence-corrected chi connectivity index (χ1v) is 6.80. The molecule has 2 aromatic carbocycles. The normalized spacial score (nSPS) is 21.5. The first-order chi connectivity index (χ1) is 9.35. The Morgan fingerprint density at radius 2 is 1.63 bits per heavy atom. The number of ether oxygens (including phenoxy) is 1. The van der Waals surface area contributed by atoms with E-state index in [0.717, 1.165) is 11.7 Å². The summed E-state index contributed by atoms with van der Waals surface area (Å²) in [6, 6.07) is 19.5. The van der Waals surface area contributed by atoms with Crippen molar-refractivity contribution in [2.75, 3.05) is 12.4 Å². The monoisotopic (exact) mass is 253 g/mol. The van der Waals surface area contributed by atoms with Gasteiger partial charge < -0.3 is 10.1 Å². The minimum Gasteiger partial charge on any atom is -0.497 e. The highest BCUT2D eigenvalue weighted by molar-refractivity contribution is 5.47. The third-order valence-corrected chi connectivity index (χ3v) is 3.87. The molecule has 0 heterocycles. The van der Waals surface area contributed by atoms with Crippen LogP contribution in [0.15, 0.2) is 54.6 Å². The highest BCUT2D eigenvalue weighted by Gasteiger charge is 2.29. The van der Waals surface area contributed by atoms with Crippen LogP contribution in [-0.4, -0.2) is 13.2 Å². The van der Waals surface area contributed by atoms with E-state index in [1.807, 2.05) is 12.1 Å². The van der Waals surface area contributed by atoms with Crippen LogP contribution >= 0.6 is 0 Å². The fourth-order valence-electron chi connectivity index (χ4n) is 2.66. The molecule has 19 heavy (non-hydrogen) atoms. The molecule has 1 saturated carbocycles. The van der Waals surface area contributed by atoms with Gasteiger partial charge in [-0.05, 0) is 48.6 Å². The predicted octanol–water partition coefficient (Wildman–Crippen LogP) is 4.05. The van der Waals surface area contributed by atoms with E-state index in [0.29, 0.717) is 6.04 Å². The van der Waals surface area contributed by atoms with Crippen LogP contribution < -0.4 is 10.1 Å². The van der Waals surface area contributed by atoms with Crippen LogP contribution in [0.4, 0.5) is 5.69 Å². The van der Waals surface area contributed by atoms with Crippen molar-refractivity contribution in [2.24, 2.45) is 0 Å². The Kier molecular flexibility index (Phi) is 3.41. The number of rotatable bonds is 4. The van der Waals surface area contributed by atoms with E-state index in [2.05, 4.69) is 47.8 Å². The van der Waals surface area contributed by atoms with E-state index >= 15 is 0 Å². The van der Waals surface area contributed by atoms with Gasteiger partial charge in [0.2, 0.25) is 0 Å². The van der Waals surface area contributed by atoms with Crippen molar-refractivity contribution < 1.29 is 4.74 Å². The third-order valence-electron chi connectivity index (χ3n) is 3.87. The lowest BCUT2D eigenvalue weighted by atomic mass is 9.76. The van der Waals surface area contributed by atoms with E-state index in [1.165, 1.54) is 24.1 Å². The fraction of sp³-hybridized carbons (Fsp3) is 0.294. The van der Waals surface area contributed by atoms with Crippen molar-refractivity contribution in [2.45, 2.75) is 24.8 Å². The van der Waals surface area contributed by atoms with Crippen LogP contribution in [0.2, 0.25) is 0 Å². The third kappa shape index (κ3) is 2.73. The van der Waals surface area contributed by atoms with Gasteiger partial charge in [0.15, 0.2) is 0 Å². The lowest BCUT2D eigenvalue weighted by Gasteiger charge is -2.37. The first kappa shape index (κ1) is 12.1. The summed E-state index contributed by atoms with van der Waals surface area (Å²) in [5.74, 6) is 1.62. The molecule has 0 bridgehead atoms. The minimum atomic E-state index is 0.596. The van der Waals surface area contributed by atoms with Crippen LogP contribution in [0.5, 0.6) is 5.75 Å². The maximum Gasteiger partial charge on any atom is 0.119 e. The van der Waals surface area contributed by atoms with Crippen molar-refractivity contribution in [1.29, 1.82) is 0 Å². The molecule has 0 aliphatic heterocycles. The maximum absolute atomic E-state index is 5.16. The van der Waals surface area contributed by atoms with Gasteiger partial charge in [0.05, 0.1) is 7.11 Å². The van der Waals surface area contributed by atoms with Gasteiger partial charge in [0, 0.05) is 11.7 Å². The largest absolute Gasteiger partial charge is 0.497 e. The maximum atomic E-state index is 5.16. The number of anilines is 1. The van der Waals surface area contributed by atoms with E-state index in [9.17, 15) is 0 Å². The molecular formula is C17H19NO. The summed E-state index contributed by atoms with van der Waals surface area (Å²) >= 11 is 0. The van der Waals surface area contributed by atoms with Crippen molar-refractivity contribution in [3.63, 3.8) is 0 Å². The molecule has 0 unspecified atom stereocenters. The molecule has 0 radical (unpaired) electrons. The smallest absolute Gasteiger partial charge is 0.119 e. The van der Waals surface area contributed by atoms with Crippen molar-refractivity contribution in [1.82, 2.24) is 0 Å². The molecule has 0 amide bonds. The van der Waals surface area contributed by atoms with Crippen LogP contribution in [0.1, 0.15) is 24.3 Å². The van der Waals surface area contributed by atoms with E-state index in [1.54, 1.807) is 7.11 Å². The van der Waals surface area contributed by atoms with Crippen LogP contribution in [0, 0.1) is 0 Å². The van der Waals surface area contributed by atoms with Crippen LogP contribution in [0.3, 0.4) is 0 Å². The number of benzene rings is 2. The van der Waals surface area contributed by atoms with E-state index in [-0.39, 0.29) is 0 Å². The molecule has 98 valence electrons. The number of nitrogens with one attached hydrogen (secondary N) is 1. The standard InChI is InChI=1S/C17H19NO/c1-19-17-9-7-15(8-10-17)18-16-11-14(12-16)13-5-3-2-4-6-13/h2-10,14,16,18H,11-12H2,1H3. The zero-order valence-corrected chi connectivity index (χ0v) is 11.2. The molecule has 0 spiro atoms. The topological polar surface area (TPSA) is 21.3 Å². The average Bonchev–Trinajstić information content (AvgIpc) is 2.44.